The van der Waals surface area contributed by atoms with Crippen molar-refractivity contribution in [2.24, 2.45) is 0 Å². The quantitative estimate of drug-likeness (QED) is 0.903. The van der Waals surface area contributed by atoms with Gasteiger partial charge in [-0.25, -0.2) is 4.39 Å². The van der Waals surface area contributed by atoms with E-state index in [2.05, 4.69) is 10.2 Å². The Morgan fingerprint density at radius 1 is 1.07 bits per heavy atom. The van der Waals surface area contributed by atoms with Crippen LogP contribution in [0.5, 0.6) is 0 Å². The molecule has 0 aromatic heterocycles. The van der Waals surface area contributed by atoms with Gasteiger partial charge in [0.15, 0.2) is 0 Å². The highest BCUT2D eigenvalue weighted by atomic mass is 19.1. The maximum atomic E-state index is 13.7. The first-order valence-electron chi connectivity index (χ1n) is 9.42. The molecule has 0 radical (unpaired) electrons. The highest BCUT2D eigenvalue weighted by Crippen LogP contribution is 2.26. The first-order chi connectivity index (χ1) is 13.2. The van der Waals surface area contributed by atoms with Gasteiger partial charge in [0.1, 0.15) is 5.82 Å². The number of amides is 1. The van der Waals surface area contributed by atoms with Crippen molar-refractivity contribution < 1.29 is 13.9 Å². The van der Waals surface area contributed by atoms with Crippen molar-refractivity contribution in [3.05, 3.63) is 65.5 Å². The van der Waals surface area contributed by atoms with Crippen LogP contribution in [0.1, 0.15) is 22.0 Å². The number of piperazine rings is 1. The topological polar surface area (TPSA) is 44.8 Å². The Kier molecular flexibility index (Phi) is 5.36. The van der Waals surface area contributed by atoms with Gasteiger partial charge in [0.25, 0.3) is 5.91 Å². The smallest absolute Gasteiger partial charge is 0.254 e. The van der Waals surface area contributed by atoms with Gasteiger partial charge in [-0.2, -0.15) is 0 Å². The second-order valence-electron chi connectivity index (χ2n) is 6.92. The largest absolute Gasteiger partial charge is 0.378 e. The summed E-state index contributed by atoms with van der Waals surface area (Å²) in [6.07, 6.45) is 0. The molecule has 2 fully saturated rings. The third kappa shape index (κ3) is 3.96. The second kappa shape index (κ2) is 8.06. The number of hydrogen-bond acceptors (Lipinski definition) is 4. The van der Waals surface area contributed by atoms with Crippen LogP contribution in [0, 0.1) is 5.82 Å². The number of nitrogens with zero attached hydrogens (tertiary/aromatic N) is 2. The van der Waals surface area contributed by atoms with Crippen molar-refractivity contribution in [1.82, 2.24) is 10.2 Å². The summed E-state index contributed by atoms with van der Waals surface area (Å²) in [7, 11) is 0. The van der Waals surface area contributed by atoms with E-state index in [1.165, 1.54) is 12.1 Å². The summed E-state index contributed by atoms with van der Waals surface area (Å²) >= 11 is 0. The van der Waals surface area contributed by atoms with Crippen molar-refractivity contribution in [2.45, 2.75) is 6.04 Å². The summed E-state index contributed by atoms with van der Waals surface area (Å²) in [5.74, 6) is -0.292. The van der Waals surface area contributed by atoms with Crippen LogP contribution in [0.2, 0.25) is 0 Å². The molecule has 142 valence electrons. The average Bonchev–Trinajstić information content (AvgIpc) is 2.74. The molecule has 6 heteroatoms. The van der Waals surface area contributed by atoms with Crippen LogP contribution in [-0.4, -0.2) is 56.7 Å². The van der Waals surface area contributed by atoms with Crippen LogP contribution >= 0.6 is 0 Å². The van der Waals surface area contributed by atoms with E-state index >= 15 is 0 Å². The van der Waals surface area contributed by atoms with E-state index in [9.17, 15) is 9.18 Å². The zero-order chi connectivity index (χ0) is 18.6. The number of carbonyl (C=O) groups is 1. The fourth-order valence-electron chi connectivity index (χ4n) is 3.76. The lowest BCUT2D eigenvalue weighted by molar-refractivity contribution is 0.0634. The number of hydrogen-bond donors (Lipinski definition) is 1. The molecule has 5 nitrogen and oxygen atoms in total. The highest BCUT2D eigenvalue weighted by molar-refractivity contribution is 5.95. The van der Waals surface area contributed by atoms with Crippen LogP contribution in [0.15, 0.2) is 48.5 Å². The van der Waals surface area contributed by atoms with Crippen LogP contribution in [0.25, 0.3) is 0 Å². The number of rotatable bonds is 3. The number of ether oxygens (including phenoxy) is 1. The Morgan fingerprint density at radius 3 is 2.59 bits per heavy atom. The Morgan fingerprint density at radius 2 is 1.85 bits per heavy atom. The fourth-order valence-corrected chi connectivity index (χ4v) is 3.76. The maximum absolute atomic E-state index is 13.7. The molecule has 1 unspecified atom stereocenters. The van der Waals surface area contributed by atoms with Crippen molar-refractivity contribution in [3.8, 4) is 0 Å². The summed E-state index contributed by atoms with van der Waals surface area (Å²) in [6, 6.07) is 14.1. The molecular weight excluding hydrogens is 345 g/mol. The van der Waals surface area contributed by atoms with Crippen molar-refractivity contribution in [2.75, 3.05) is 50.8 Å². The molecular formula is C21H24FN3O2. The molecule has 2 aliphatic heterocycles. The number of anilines is 1. The Balaban J connectivity index is 1.53. The number of nitrogens with one attached hydrogen (secondary N) is 1. The monoisotopic (exact) mass is 369 g/mol. The molecule has 2 heterocycles. The van der Waals surface area contributed by atoms with Crippen LogP contribution in [0.4, 0.5) is 10.1 Å². The van der Waals surface area contributed by atoms with Gasteiger partial charge in [0.2, 0.25) is 0 Å². The molecule has 2 saturated heterocycles. The minimum absolute atomic E-state index is 0.0145. The molecule has 2 aromatic carbocycles. The lowest BCUT2D eigenvalue weighted by atomic mass is 10.0. The standard InChI is InChI=1S/C21H24FN3O2/c22-18-3-1-2-17(14-18)20-15-23-8-9-25(20)21(26)16-4-6-19(7-5-16)24-10-12-27-13-11-24/h1-7,14,20,23H,8-13,15H2. The molecule has 1 N–H and O–H groups in total. The molecule has 4 rings (SSSR count). The van der Waals surface area contributed by atoms with Crippen LogP contribution in [0.3, 0.4) is 0 Å². The zero-order valence-corrected chi connectivity index (χ0v) is 15.2. The fraction of sp³-hybridized carbons (Fsp3) is 0.381. The Bertz CT molecular complexity index is 790. The average molecular weight is 369 g/mol. The van der Waals surface area contributed by atoms with Gasteiger partial charge >= 0.3 is 0 Å². The predicted molar refractivity (Wildman–Crippen MR) is 103 cm³/mol. The number of morpholine rings is 1. The predicted octanol–water partition coefficient (Wildman–Crippen LogP) is 2.45. The molecule has 27 heavy (non-hydrogen) atoms. The van der Waals surface area contributed by atoms with E-state index in [0.717, 1.165) is 44.1 Å². The first-order valence-corrected chi connectivity index (χ1v) is 9.42. The van der Waals surface area contributed by atoms with E-state index < -0.39 is 0 Å². The van der Waals surface area contributed by atoms with Crippen molar-refractivity contribution in [3.63, 3.8) is 0 Å². The molecule has 2 aromatic rings. The normalized spacial score (nSPS) is 20.6. The molecule has 0 bridgehead atoms. The minimum atomic E-state index is -0.277. The van der Waals surface area contributed by atoms with Gasteiger partial charge < -0.3 is 19.9 Å². The summed E-state index contributed by atoms with van der Waals surface area (Å²) < 4.78 is 19.0. The van der Waals surface area contributed by atoms with Crippen molar-refractivity contribution in [1.29, 1.82) is 0 Å². The second-order valence-corrected chi connectivity index (χ2v) is 6.92. The van der Waals surface area contributed by atoms with E-state index in [0.29, 0.717) is 18.7 Å². The van der Waals surface area contributed by atoms with Crippen LogP contribution < -0.4 is 10.2 Å². The van der Waals surface area contributed by atoms with Gasteiger partial charge in [-0.15, -0.1) is 0 Å². The first kappa shape index (κ1) is 17.9. The summed E-state index contributed by atoms with van der Waals surface area (Å²) in [4.78, 5) is 17.2. The van der Waals surface area contributed by atoms with Gasteiger partial charge in [0, 0.05) is 44.0 Å². The van der Waals surface area contributed by atoms with Crippen LogP contribution in [-0.2, 0) is 4.74 Å². The third-order valence-corrected chi connectivity index (χ3v) is 5.23. The molecule has 0 saturated carbocycles. The summed E-state index contributed by atoms with van der Waals surface area (Å²) in [5.41, 5.74) is 2.59. The summed E-state index contributed by atoms with van der Waals surface area (Å²) in [6.45, 7) is 5.17. The summed E-state index contributed by atoms with van der Waals surface area (Å²) in [5, 5.41) is 3.31. The third-order valence-electron chi connectivity index (χ3n) is 5.23. The maximum Gasteiger partial charge on any atom is 0.254 e. The molecule has 1 amide bonds. The Hall–Kier alpha value is -2.44. The molecule has 0 spiro atoms. The molecule has 0 aliphatic carbocycles. The minimum Gasteiger partial charge on any atom is -0.378 e. The number of carbonyl (C=O) groups excluding carboxylic acids is 1. The van der Waals surface area contributed by atoms with Crippen molar-refractivity contribution >= 4 is 11.6 Å². The van der Waals surface area contributed by atoms with E-state index in [-0.39, 0.29) is 17.8 Å². The lowest BCUT2D eigenvalue weighted by Crippen LogP contribution is -2.48. The molecule has 1 atom stereocenters. The number of benzene rings is 2. The molecule has 2 aliphatic rings. The Labute approximate surface area is 158 Å². The van der Waals surface area contributed by atoms with E-state index in [1.807, 2.05) is 35.2 Å². The van der Waals surface area contributed by atoms with Gasteiger partial charge in [-0.05, 0) is 42.0 Å². The van der Waals surface area contributed by atoms with Gasteiger partial charge in [0.05, 0.1) is 19.3 Å². The lowest BCUT2D eigenvalue weighted by Gasteiger charge is -2.36. The van der Waals surface area contributed by atoms with E-state index in [4.69, 9.17) is 4.74 Å². The highest BCUT2D eigenvalue weighted by Gasteiger charge is 2.29. The SMILES string of the molecule is O=C(c1ccc(N2CCOCC2)cc1)N1CCNCC1c1cccc(F)c1. The van der Waals surface area contributed by atoms with Gasteiger partial charge in [-0.1, -0.05) is 12.1 Å². The van der Waals surface area contributed by atoms with E-state index in [1.54, 1.807) is 6.07 Å². The number of halogens is 1. The zero-order valence-electron chi connectivity index (χ0n) is 15.2. The van der Waals surface area contributed by atoms with Gasteiger partial charge in [-0.3, -0.25) is 4.79 Å².